The first-order chi connectivity index (χ1) is 15.8. The minimum absolute atomic E-state index is 0.00230. The number of ether oxygens (including phenoxy) is 2. The van der Waals surface area contributed by atoms with Crippen molar-refractivity contribution in [3.8, 4) is 17.6 Å². The Bertz CT molecular complexity index is 1250. The van der Waals surface area contributed by atoms with Gasteiger partial charge in [0.1, 0.15) is 17.9 Å². The number of nitrogens with zero attached hydrogens (tertiary/aromatic N) is 1. The average Bonchev–Trinajstić information content (AvgIpc) is 2.79. The molecule has 9 heteroatoms. The lowest BCUT2D eigenvalue weighted by molar-refractivity contribution is -0.152. The van der Waals surface area contributed by atoms with Crippen LogP contribution in [0.25, 0.3) is 11.0 Å². The average molecular weight is 478 g/mol. The van der Waals surface area contributed by atoms with E-state index in [9.17, 15) is 18.0 Å². The molecule has 1 aliphatic rings. The van der Waals surface area contributed by atoms with Crippen LogP contribution in [0, 0.1) is 11.8 Å². The second-order valence-corrected chi connectivity index (χ2v) is 7.83. The summed E-state index contributed by atoms with van der Waals surface area (Å²) in [5, 5.41) is 0.568. The van der Waals surface area contributed by atoms with E-state index in [1.165, 1.54) is 12.1 Å². The van der Waals surface area contributed by atoms with Crippen molar-refractivity contribution in [2.45, 2.75) is 12.8 Å². The molecule has 0 bridgehead atoms. The number of benzene rings is 2. The molecule has 0 radical (unpaired) electrons. The van der Waals surface area contributed by atoms with Gasteiger partial charge in [-0.2, -0.15) is 13.2 Å². The maximum Gasteiger partial charge on any atom is 0.449 e. The summed E-state index contributed by atoms with van der Waals surface area (Å²) in [5.41, 5.74) is -0.155. The first-order valence-electron chi connectivity index (χ1n) is 10.2. The van der Waals surface area contributed by atoms with E-state index in [0.717, 1.165) is 5.56 Å². The number of fused-ring (bicyclic) bond motifs is 1. The fourth-order valence-corrected chi connectivity index (χ4v) is 3.45. The van der Waals surface area contributed by atoms with Gasteiger partial charge in [0.15, 0.2) is 11.0 Å². The molecule has 1 saturated heterocycles. The Morgan fingerprint density at radius 3 is 2.52 bits per heavy atom. The Hall–Kier alpha value is -2.99. The quantitative estimate of drug-likeness (QED) is 0.509. The Morgan fingerprint density at radius 2 is 1.82 bits per heavy atom. The van der Waals surface area contributed by atoms with Gasteiger partial charge >= 0.3 is 6.18 Å². The van der Waals surface area contributed by atoms with Crippen LogP contribution >= 0.6 is 11.6 Å². The maximum atomic E-state index is 13.3. The van der Waals surface area contributed by atoms with Crippen molar-refractivity contribution < 1.29 is 27.1 Å². The number of halogens is 4. The lowest BCUT2D eigenvalue weighted by Crippen LogP contribution is -2.36. The summed E-state index contributed by atoms with van der Waals surface area (Å²) in [5.74, 6) is 4.68. The van der Waals surface area contributed by atoms with E-state index in [-0.39, 0.29) is 28.9 Å². The number of morpholine rings is 1. The second kappa shape index (κ2) is 9.87. The summed E-state index contributed by atoms with van der Waals surface area (Å²) in [6.07, 6.45) is -4.81. The van der Waals surface area contributed by atoms with E-state index in [0.29, 0.717) is 43.9 Å². The zero-order valence-corrected chi connectivity index (χ0v) is 18.1. The first kappa shape index (κ1) is 23.2. The maximum absolute atomic E-state index is 13.3. The minimum Gasteiger partial charge on any atom is -0.487 e. The Balaban J connectivity index is 1.74. The smallest absolute Gasteiger partial charge is 0.449 e. The Labute approximate surface area is 192 Å². The summed E-state index contributed by atoms with van der Waals surface area (Å²) >= 11 is 5.90. The van der Waals surface area contributed by atoms with Crippen molar-refractivity contribution >= 4 is 22.6 Å². The van der Waals surface area contributed by atoms with Crippen LogP contribution in [0.1, 0.15) is 16.9 Å². The molecular formula is C24H19ClF3NO4. The molecule has 0 atom stereocenters. The van der Waals surface area contributed by atoms with Crippen LogP contribution in [0.3, 0.4) is 0 Å². The third-order valence-electron chi connectivity index (χ3n) is 5.07. The fraction of sp³-hybridized carbons (Fsp3) is 0.292. The zero-order valence-electron chi connectivity index (χ0n) is 17.4. The van der Waals surface area contributed by atoms with E-state index in [1.807, 2.05) is 0 Å². The SMILES string of the molecule is O=c1cc(C(F)(F)F)oc2c(C#CCN3CCOCC3)c(OCc3ccc(Cl)cc3)ccc12. The van der Waals surface area contributed by atoms with Crippen LogP contribution in [0.4, 0.5) is 13.2 Å². The number of rotatable bonds is 4. The van der Waals surface area contributed by atoms with Crippen LogP contribution < -0.4 is 10.2 Å². The predicted octanol–water partition coefficient (Wildman–Crippen LogP) is 4.73. The van der Waals surface area contributed by atoms with Crippen LogP contribution in [-0.4, -0.2) is 37.7 Å². The Kier molecular flexibility index (Phi) is 6.94. The molecule has 0 spiro atoms. The van der Waals surface area contributed by atoms with Crippen LogP contribution in [0.15, 0.2) is 51.7 Å². The molecule has 0 aliphatic carbocycles. The number of hydrogen-bond acceptors (Lipinski definition) is 5. The molecule has 0 amide bonds. The summed E-state index contributed by atoms with van der Waals surface area (Å²) in [6, 6.07) is 10.3. The summed E-state index contributed by atoms with van der Waals surface area (Å²) in [6.45, 7) is 3.11. The monoisotopic (exact) mass is 477 g/mol. The molecule has 1 aliphatic heterocycles. The van der Waals surface area contributed by atoms with E-state index >= 15 is 0 Å². The molecule has 172 valence electrons. The number of alkyl halides is 3. The van der Waals surface area contributed by atoms with E-state index in [2.05, 4.69) is 16.7 Å². The second-order valence-electron chi connectivity index (χ2n) is 7.39. The molecule has 0 saturated carbocycles. The lowest BCUT2D eigenvalue weighted by atomic mass is 10.1. The van der Waals surface area contributed by atoms with E-state index in [4.69, 9.17) is 25.5 Å². The molecule has 5 nitrogen and oxygen atoms in total. The van der Waals surface area contributed by atoms with E-state index in [1.54, 1.807) is 24.3 Å². The summed E-state index contributed by atoms with van der Waals surface area (Å²) in [4.78, 5) is 14.4. The largest absolute Gasteiger partial charge is 0.487 e. The summed E-state index contributed by atoms with van der Waals surface area (Å²) in [7, 11) is 0. The van der Waals surface area contributed by atoms with Crippen molar-refractivity contribution in [3.05, 3.63) is 74.6 Å². The highest BCUT2D eigenvalue weighted by atomic mass is 35.5. The van der Waals surface area contributed by atoms with Crippen molar-refractivity contribution in [3.63, 3.8) is 0 Å². The molecular weight excluding hydrogens is 459 g/mol. The number of hydrogen-bond donors (Lipinski definition) is 0. The van der Waals surface area contributed by atoms with Gasteiger partial charge in [-0.15, -0.1) is 0 Å². The molecule has 2 heterocycles. The predicted molar refractivity (Wildman–Crippen MR) is 117 cm³/mol. The topological polar surface area (TPSA) is 51.9 Å². The van der Waals surface area contributed by atoms with Crippen LogP contribution in [0.2, 0.25) is 5.02 Å². The molecule has 0 unspecified atom stereocenters. The lowest BCUT2D eigenvalue weighted by Gasteiger charge is -2.24. The van der Waals surface area contributed by atoms with Gasteiger partial charge in [-0.1, -0.05) is 35.6 Å². The van der Waals surface area contributed by atoms with Gasteiger partial charge in [0.05, 0.1) is 25.1 Å². The third kappa shape index (κ3) is 5.69. The zero-order chi connectivity index (χ0) is 23.4. The van der Waals surface area contributed by atoms with Crippen molar-refractivity contribution in [1.82, 2.24) is 4.90 Å². The van der Waals surface area contributed by atoms with Crippen LogP contribution in [0.5, 0.6) is 5.75 Å². The van der Waals surface area contributed by atoms with Gasteiger partial charge in [-0.05, 0) is 29.8 Å². The van der Waals surface area contributed by atoms with Gasteiger partial charge < -0.3 is 13.9 Å². The fourth-order valence-electron chi connectivity index (χ4n) is 3.32. The minimum atomic E-state index is -4.81. The van der Waals surface area contributed by atoms with Gasteiger partial charge in [0.25, 0.3) is 0 Å². The van der Waals surface area contributed by atoms with Gasteiger partial charge in [0, 0.05) is 24.2 Å². The van der Waals surface area contributed by atoms with Gasteiger partial charge in [-0.3, -0.25) is 9.69 Å². The van der Waals surface area contributed by atoms with Gasteiger partial charge in [-0.25, -0.2) is 0 Å². The van der Waals surface area contributed by atoms with Crippen molar-refractivity contribution in [1.29, 1.82) is 0 Å². The molecule has 33 heavy (non-hydrogen) atoms. The molecule has 4 rings (SSSR count). The molecule has 1 aromatic heterocycles. The highest BCUT2D eigenvalue weighted by molar-refractivity contribution is 6.30. The molecule has 2 aromatic carbocycles. The van der Waals surface area contributed by atoms with E-state index < -0.39 is 17.4 Å². The first-order valence-corrected chi connectivity index (χ1v) is 10.5. The third-order valence-corrected chi connectivity index (χ3v) is 5.32. The normalized spacial score (nSPS) is 14.7. The standard InChI is InChI=1S/C24H19ClF3NO4/c25-17-5-3-16(4-6-17)15-32-21-8-7-18-20(30)14-22(24(26,27)28)33-23(18)19(21)2-1-9-29-10-12-31-13-11-29/h3-8,14H,9-13,15H2. The summed E-state index contributed by atoms with van der Waals surface area (Å²) < 4.78 is 56.2. The van der Waals surface area contributed by atoms with Gasteiger partial charge in [0.2, 0.25) is 5.76 Å². The highest BCUT2D eigenvalue weighted by Gasteiger charge is 2.35. The Morgan fingerprint density at radius 1 is 1.09 bits per heavy atom. The van der Waals surface area contributed by atoms with Crippen molar-refractivity contribution in [2.24, 2.45) is 0 Å². The molecule has 0 N–H and O–H groups in total. The van der Waals surface area contributed by atoms with Crippen LogP contribution in [-0.2, 0) is 17.5 Å². The van der Waals surface area contributed by atoms with Crippen molar-refractivity contribution in [2.75, 3.05) is 32.8 Å². The molecule has 1 fully saturated rings. The highest BCUT2D eigenvalue weighted by Crippen LogP contribution is 2.33. The molecule has 3 aromatic rings.